The number of imide groups is 1. The molecule has 2 rings (SSSR count). The van der Waals surface area contributed by atoms with Crippen molar-refractivity contribution in [1.29, 1.82) is 0 Å². The van der Waals surface area contributed by atoms with Gasteiger partial charge in [0.15, 0.2) is 0 Å². The molecular formula is C14H16N4O2. The van der Waals surface area contributed by atoms with Gasteiger partial charge in [0.05, 0.1) is 16.9 Å². The van der Waals surface area contributed by atoms with Gasteiger partial charge < -0.3 is 5.73 Å². The van der Waals surface area contributed by atoms with Crippen LogP contribution in [-0.2, 0) is 11.8 Å². The molecule has 0 saturated heterocycles. The van der Waals surface area contributed by atoms with E-state index in [2.05, 4.69) is 5.10 Å². The number of rotatable bonds is 2. The molecule has 0 bridgehead atoms. The van der Waals surface area contributed by atoms with Gasteiger partial charge in [-0.05, 0) is 25.1 Å². The van der Waals surface area contributed by atoms with Crippen LogP contribution < -0.4 is 10.6 Å². The summed E-state index contributed by atoms with van der Waals surface area (Å²) in [5.74, 6) is -0.780. The van der Waals surface area contributed by atoms with Crippen LogP contribution in [0, 0.1) is 6.92 Å². The number of nitrogen functional groups attached to an aromatic ring is 1. The molecule has 0 aliphatic carbocycles. The maximum Gasteiger partial charge on any atom is 0.268 e. The van der Waals surface area contributed by atoms with E-state index in [0.29, 0.717) is 22.6 Å². The molecular weight excluding hydrogens is 256 g/mol. The summed E-state index contributed by atoms with van der Waals surface area (Å²) in [6.07, 6.45) is 1.60. The first-order valence-corrected chi connectivity index (χ1v) is 6.11. The van der Waals surface area contributed by atoms with Crippen LogP contribution in [0.5, 0.6) is 0 Å². The van der Waals surface area contributed by atoms with Crippen LogP contribution >= 0.6 is 0 Å². The van der Waals surface area contributed by atoms with Crippen molar-refractivity contribution in [2.75, 3.05) is 10.6 Å². The van der Waals surface area contributed by atoms with Crippen molar-refractivity contribution in [2.45, 2.75) is 13.8 Å². The molecule has 20 heavy (non-hydrogen) atoms. The van der Waals surface area contributed by atoms with Gasteiger partial charge in [0.25, 0.3) is 5.91 Å². The summed E-state index contributed by atoms with van der Waals surface area (Å²) in [6, 6.07) is 6.65. The predicted octanol–water partition coefficient (Wildman–Crippen LogP) is 1.50. The summed E-state index contributed by atoms with van der Waals surface area (Å²) >= 11 is 0. The molecule has 0 radical (unpaired) electrons. The van der Waals surface area contributed by atoms with Crippen LogP contribution in [-0.4, -0.2) is 21.6 Å². The first kappa shape index (κ1) is 13.8. The summed E-state index contributed by atoms with van der Waals surface area (Å²) in [5, 5.41) is 4.12. The Balaban J connectivity index is 2.47. The summed E-state index contributed by atoms with van der Waals surface area (Å²) in [5.41, 5.74) is 7.61. The van der Waals surface area contributed by atoms with E-state index < -0.39 is 5.91 Å². The van der Waals surface area contributed by atoms with Crippen LogP contribution in [0.1, 0.15) is 23.0 Å². The van der Waals surface area contributed by atoms with Crippen molar-refractivity contribution < 1.29 is 9.59 Å². The van der Waals surface area contributed by atoms with Gasteiger partial charge >= 0.3 is 0 Å². The maximum absolute atomic E-state index is 12.5. The highest BCUT2D eigenvalue weighted by molar-refractivity contribution is 6.20. The molecule has 0 fully saturated rings. The summed E-state index contributed by atoms with van der Waals surface area (Å²) in [4.78, 5) is 25.5. The van der Waals surface area contributed by atoms with E-state index in [-0.39, 0.29) is 5.91 Å². The number of benzene rings is 1. The Hall–Kier alpha value is -2.63. The van der Waals surface area contributed by atoms with E-state index in [1.165, 1.54) is 6.92 Å². The number of hydrogen-bond donors (Lipinski definition) is 1. The fourth-order valence-electron chi connectivity index (χ4n) is 2.04. The van der Waals surface area contributed by atoms with E-state index in [1.54, 1.807) is 49.1 Å². The number of amides is 2. The number of anilines is 2. The second-order valence-corrected chi connectivity index (χ2v) is 4.56. The normalized spacial score (nSPS) is 10.3. The van der Waals surface area contributed by atoms with Gasteiger partial charge in [-0.1, -0.05) is 6.07 Å². The zero-order valence-electron chi connectivity index (χ0n) is 11.6. The highest BCUT2D eigenvalue weighted by Crippen LogP contribution is 2.21. The van der Waals surface area contributed by atoms with Crippen LogP contribution in [0.4, 0.5) is 11.4 Å². The van der Waals surface area contributed by atoms with Crippen molar-refractivity contribution in [3.05, 3.63) is 41.7 Å². The lowest BCUT2D eigenvalue weighted by Crippen LogP contribution is -2.35. The van der Waals surface area contributed by atoms with Gasteiger partial charge in [0, 0.05) is 25.9 Å². The van der Waals surface area contributed by atoms with Gasteiger partial charge in [-0.15, -0.1) is 0 Å². The van der Waals surface area contributed by atoms with E-state index in [0.717, 1.165) is 4.90 Å². The lowest BCUT2D eigenvalue weighted by Gasteiger charge is -2.19. The fourth-order valence-corrected chi connectivity index (χ4v) is 2.04. The predicted molar refractivity (Wildman–Crippen MR) is 76.3 cm³/mol. The number of carbonyl (C=O) groups excluding carboxylic acids is 2. The molecule has 1 aromatic carbocycles. The molecule has 6 heteroatoms. The monoisotopic (exact) mass is 272 g/mol. The third-order valence-corrected chi connectivity index (χ3v) is 2.89. The molecule has 0 atom stereocenters. The van der Waals surface area contributed by atoms with Gasteiger partial charge in [-0.3, -0.25) is 14.3 Å². The van der Waals surface area contributed by atoms with Crippen LogP contribution in [0.2, 0.25) is 0 Å². The number of hydrogen-bond acceptors (Lipinski definition) is 4. The van der Waals surface area contributed by atoms with E-state index in [9.17, 15) is 9.59 Å². The molecule has 1 aromatic heterocycles. The first-order valence-electron chi connectivity index (χ1n) is 6.11. The van der Waals surface area contributed by atoms with Crippen molar-refractivity contribution in [1.82, 2.24) is 9.78 Å². The average molecular weight is 272 g/mol. The second kappa shape index (κ2) is 5.16. The highest BCUT2D eigenvalue weighted by Gasteiger charge is 2.24. The number of nitrogens with two attached hydrogens (primary N) is 1. The lowest BCUT2D eigenvalue weighted by molar-refractivity contribution is -0.115. The Morgan fingerprint density at radius 2 is 2.05 bits per heavy atom. The molecule has 0 unspecified atom stereocenters. The van der Waals surface area contributed by atoms with Crippen LogP contribution in [0.25, 0.3) is 0 Å². The minimum Gasteiger partial charge on any atom is -0.399 e. The van der Waals surface area contributed by atoms with Gasteiger partial charge in [-0.25, -0.2) is 4.90 Å². The Bertz CT molecular complexity index is 676. The molecule has 2 amide bonds. The summed E-state index contributed by atoms with van der Waals surface area (Å²) in [6.45, 7) is 3.07. The molecule has 2 aromatic rings. The van der Waals surface area contributed by atoms with Crippen LogP contribution in [0.15, 0.2) is 30.5 Å². The van der Waals surface area contributed by atoms with Gasteiger partial charge in [-0.2, -0.15) is 5.10 Å². The smallest absolute Gasteiger partial charge is 0.268 e. The first-order chi connectivity index (χ1) is 9.40. The highest BCUT2D eigenvalue weighted by atomic mass is 16.2. The largest absolute Gasteiger partial charge is 0.399 e. The Morgan fingerprint density at radius 3 is 2.55 bits per heavy atom. The number of nitrogens with zero attached hydrogens (tertiary/aromatic N) is 3. The topological polar surface area (TPSA) is 81.2 Å². The number of aromatic nitrogens is 2. The Kier molecular flexibility index (Phi) is 3.56. The van der Waals surface area contributed by atoms with Crippen molar-refractivity contribution in [3.8, 4) is 0 Å². The van der Waals surface area contributed by atoms with Crippen molar-refractivity contribution in [3.63, 3.8) is 0 Å². The molecule has 2 N–H and O–H groups in total. The zero-order chi connectivity index (χ0) is 14.9. The van der Waals surface area contributed by atoms with Crippen molar-refractivity contribution >= 4 is 23.2 Å². The third kappa shape index (κ3) is 2.54. The summed E-state index contributed by atoms with van der Waals surface area (Å²) in [7, 11) is 1.72. The minimum atomic E-state index is -0.409. The minimum absolute atomic E-state index is 0.371. The second-order valence-electron chi connectivity index (χ2n) is 4.56. The standard InChI is InChI=1S/C14H16N4O2/c1-9-13(8-17(3)16-9)14(20)18(10(2)19)12-6-4-5-11(15)7-12/h4-8H,15H2,1-3H3. The zero-order valence-corrected chi connectivity index (χ0v) is 11.6. The maximum atomic E-state index is 12.5. The molecule has 0 aliphatic rings. The molecule has 0 spiro atoms. The van der Waals surface area contributed by atoms with Crippen LogP contribution in [0.3, 0.4) is 0 Å². The van der Waals surface area contributed by atoms with E-state index in [1.807, 2.05) is 0 Å². The van der Waals surface area contributed by atoms with E-state index in [4.69, 9.17) is 5.73 Å². The molecule has 104 valence electrons. The fraction of sp³-hybridized carbons (Fsp3) is 0.214. The summed E-state index contributed by atoms with van der Waals surface area (Å²) < 4.78 is 1.54. The third-order valence-electron chi connectivity index (χ3n) is 2.89. The Labute approximate surface area is 116 Å². The van der Waals surface area contributed by atoms with E-state index >= 15 is 0 Å². The quantitative estimate of drug-likeness (QED) is 0.840. The lowest BCUT2D eigenvalue weighted by atomic mass is 10.2. The molecule has 0 saturated carbocycles. The molecule has 0 aliphatic heterocycles. The SMILES string of the molecule is CC(=O)N(C(=O)c1cn(C)nc1C)c1cccc(N)c1. The van der Waals surface area contributed by atoms with Crippen molar-refractivity contribution in [2.24, 2.45) is 7.05 Å². The van der Waals surface area contributed by atoms with Gasteiger partial charge in [0.2, 0.25) is 5.91 Å². The Morgan fingerprint density at radius 1 is 1.35 bits per heavy atom. The number of aryl methyl sites for hydroxylation is 2. The molecule has 6 nitrogen and oxygen atoms in total. The number of carbonyl (C=O) groups is 2. The van der Waals surface area contributed by atoms with Gasteiger partial charge in [0.1, 0.15) is 0 Å². The average Bonchev–Trinajstić information content (AvgIpc) is 2.68. The molecule has 1 heterocycles.